The van der Waals surface area contributed by atoms with Gasteiger partial charge in [-0.15, -0.1) is 0 Å². The molecular formula is C19H21N3O5. The van der Waals surface area contributed by atoms with Gasteiger partial charge in [0.05, 0.1) is 12.8 Å². The second kappa shape index (κ2) is 7.71. The molecule has 1 saturated heterocycles. The predicted molar refractivity (Wildman–Crippen MR) is 95.5 cm³/mol. The van der Waals surface area contributed by atoms with Crippen LogP contribution in [0.3, 0.4) is 0 Å². The minimum absolute atomic E-state index is 0.0286. The average molecular weight is 371 g/mol. The predicted octanol–water partition coefficient (Wildman–Crippen LogP) is 1.08. The zero-order valence-corrected chi connectivity index (χ0v) is 14.8. The first-order chi connectivity index (χ1) is 13.2. The third-order valence-electron chi connectivity index (χ3n) is 4.69. The number of hydrogen-bond acceptors (Lipinski definition) is 6. The molecule has 8 heteroatoms. The van der Waals surface area contributed by atoms with E-state index in [9.17, 15) is 9.59 Å². The molecule has 1 aromatic heterocycles. The fourth-order valence-electron chi connectivity index (χ4n) is 3.19. The van der Waals surface area contributed by atoms with Gasteiger partial charge < -0.3 is 29.0 Å². The van der Waals surface area contributed by atoms with E-state index in [-0.39, 0.29) is 25.2 Å². The summed E-state index contributed by atoms with van der Waals surface area (Å²) in [6.07, 6.45) is 1.48. The molecule has 8 nitrogen and oxygen atoms in total. The molecule has 2 amide bonds. The summed E-state index contributed by atoms with van der Waals surface area (Å²) in [4.78, 5) is 28.1. The largest absolute Gasteiger partial charge is 0.459 e. The van der Waals surface area contributed by atoms with Crippen molar-refractivity contribution in [2.75, 3.05) is 39.5 Å². The Balaban J connectivity index is 1.21. The number of benzene rings is 1. The number of nitrogens with zero attached hydrogens (tertiary/aromatic N) is 2. The molecule has 4 rings (SSSR count). The Hall–Kier alpha value is -3.00. The molecule has 2 aliphatic rings. The van der Waals surface area contributed by atoms with Crippen LogP contribution in [0.2, 0.25) is 0 Å². The van der Waals surface area contributed by atoms with Crippen LogP contribution in [0.5, 0.6) is 11.5 Å². The Morgan fingerprint density at radius 2 is 1.78 bits per heavy atom. The molecule has 0 radical (unpaired) electrons. The van der Waals surface area contributed by atoms with Crippen LogP contribution in [0.1, 0.15) is 16.1 Å². The van der Waals surface area contributed by atoms with E-state index < -0.39 is 0 Å². The van der Waals surface area contributed by atoms with E-state index in [0.29, 0.717) is 38.5 Å². The highest BCUT2D eigenvalue weighted by Gasteiger charge is 2.25. The number of nitrogens with one attached hydrogen (secondary N) is 1. The zero-order valence-electron chi connectivity index (χ0n) is 14.8. The van der Waals surface area contributed by atoms with E-state index in [1.165, 1.54) is 6.26 Å². The van der Waals surface area contributed by atoms with Crippen molar-refractivity contribution in [3.05, 3.63) is 47.9 Å². The average Bonchev–Trinajstić information content (AvgIpc) is 3.39. The number of amides is 2. The lowest BCUT2D eigenvalue weighted by Crippen LogP contribution is -2.52. The van der Waals surface area contributed by atoms with Gasteiger partial charge in [-0.1, -0.05) is 6.07 Å². The molecule has 0 saturated carbocycles. The number of ether oxygens (including phenoxy) is 2. The number of carbonyl (C=O) groups excluding carboxylic acids is 2. The minimum atomic E-state index is -0.131. The smallest absolute Gasteiger partial charge is 0.289 e. The number of piperazine rings is 1. The van der Waals surface area contributed by atoms with Crippen molar-refractivity contribution in [1.29, 1.82) is 0 Å². The Labute approximate surface area is 156 Å². The number of furan rings is 1. The molecule has 1 aromatic carbocycles. The maximum Gasteiger partial charge on any atom is 0.289 e. The van der Waals surface area contributed by atoms with Gasteiger partial charge in [0.25, 0.3) is 5.91 Å². The summed E-state index contributed by atoms with van der Waals surface area (Å²) in [5.74, 6) is 1.71. The van der Waals surface area contributed by atoms with Gasteiger partial charge in [0.2, 0.25) is 12.7 Å². The molecule has 0 aliphatic carbocycles. The van der Waals surface area contributed by atoms with Crippen LogP contribution in [0.15, 0.2) is 41.0 Å². The van der Waals surface area contributed by atoms with Gasteiger partial charge in [-0.2, -0.15) is 0 Å². The summed E-state index contributed by atoms with van der Waals surface area (Å²) in [5, 5.41) is 3.16. The van der Waals surface area contributed by atoms with Crippen molar-refractivity contribution in [1.82, 2.24) is 15.1 Å². The molecule has 142 valence electrons. The maximum absolute atomic E-state index is 12.4. The summed E-state index contributed by atoms with van der Waals surface area (Å²) in [5.41, 5.74) is 1.03. The van der Waals surface area contributed by atoms with E-state index in [2.05, 4.69) is 5.32 Å². The number of carbonyl (C=O) groups is 2. The summed E-state index contributed by atoms with van der Waals surface area (Å²) in [6.45, 7) is 3.13. The van der Waals surface area contributed by atoms with Gasteiger partial charge in [0.15, 0.2) is 17.3 Å². The van der Waals surface area contributed by atoms with Crippen molar-refractivity contribution < 1.29 is 23.5 Å². The Morgan fingerprint density at radius 3 is 2.56 bits per heavy atom. The van der Waals surface area contributed by atoms with Gasteiger partial charge in [0, 0.05) is 32.7 Å². The molecule has 2 aliphatic heterocycles. The lowest BCUT2D eigenvalue weighted by molar-refractivity contribution is -0.131. The SMILES string of the molecule is O=C(CNCc1ccc2c(c1)OCO2)N1CCN(C(=O)c2ccco2)CC1. The highest BCUT2D eigenvalue weighted by Crippen LogP contribution is 2.32. The van der Waals surface area contributed by atoms with Crippen molar-refractivity contribution in [3.8, 4) is 11.5 Å². The normalized spacial score (nSPS) is 15.9. The second-order valence-electron chi connectivity index (χ2n) is 6.44. The zero-order chi connectivity index (χ0) is 18.6. The molecule has 2 aromatic rings. The van der Waals surface area contributed by atoms with Crippen LogP contribution < -0.4 is 14.8 Å². The van der Waals surface area contributed by atoms with Crippen LogP contribution in [-0.2, 0) is 11.3 Å². The van der Waals surface area contributed by atoms with Gasteiger partial charge in [-0.25, -0.2) is 0 Å². The first-order valence-electron chi connectivity index (χ1n) is 8.90. The topological polar surface area (TPSA) is 84.3 Å². The highest BCUT2D eigenvalue weighted by molar-refractivity contribution is 5.91. The first-order valence-corrected chi connectivity index (χ1v) is 8.90. The van der Waals surface area contributed by atoms with Gasteiger partial charge in [-0.05, 0) is 29.8 Å². The number of rotatable bonds is 5. The third-order valence-corrected chi connectivity index (χ3v) is 4.69. The van der Waals surface area contributed by atoms with Crippen molar-refractivity contribution >= 4 is 11.8 Å². The van der Waals surface area contributed by atoms with Gasteiger partial charge >= 0.3 is 0 Å². The lowest BCUT2D eigenvalue weighted by Gasteiger charge is -2.34. The summed E-state index contributed by atoms with van der Waals surface area (Å²) >= 11 is 0. The molecular weight excluding hydrogens is 350 g/mol. The molecule has 3 heterocycles. The second-order valence-corrected chi connectivity index (χ2v) is 6.44. The molecule has 0 spiro atoms. The van der Waals surface area contributed by atoms with Crippen LogP contribution >= 0.6 is 0 Å². The van der Waals surface area contributed by atoms with E-state index in [0.717, 1.165) is 17.1 Å². The van der Waals surface area contributed by atoms with Crippen molar-refractivity contribution in [3.63, 3.8) is 0 Å². The first kappa shape index (κ1) is 17.4. The monoisotopic (exact) mass is 371 g/mol. The lowest BCUT2D eigenvalue weighted by atomic mass is 10.2. The Bertz CT molecular complexity index is 813. The quantitative estimate of drug-likeness (QED) is 0.847. The molecule has 27 heavy (non-hydrogen) atoms. The van der Waals surface area contributed by atoms with Crippen LogP contribution in [0.25, 0.3) is 0 Å². The van der Waals surface area contributed by atoms with E-state index >= 15 is 0 Å². The Kier molecular flexibility index (Phi) is 4.97. The van der Waals surface area contributed by atoms with E-state index in [1.807, 2.05) is 18.2 Å². The summed E-state index contributed by atoms with van der Waals surface area (Å²) < 4.78 is 15.8. The minimum Gasteiger partial charge on any atom is -0.459 e. The fourth-order valence-corrected chi connectivity index (χ4v) is 3.19. The van der Waals surface area contributed by atoms with Crippen LogP contribution in [0, 0.1) is 0 Å². The molecule has 1 fully saturated rings. The molecule has 0 bridgehead atoms. The van der Waals surface area contributed by atoms with Crippen molar-refractivity contribution in [2.45, 2.75) is 6.54 Å². The fraction of sp³-hybridized carbons (Fsp3) is 0.368. The van der Waals surface area contributed by atoms with Gasteiger partial charge in [-0.3, -0.25) is 9.59 Å². The van der Waals surface area contributed by atoms with Gasteiger partial charge in [0.1, 0.15) is 0 Å². The highest BCUT2D eigenvalue weighted by atomic mass is 16.7. The van der Waals surface area contributed by atoms with Crippen molar-refractivity contribution in [2.24, 2.45) is 0 Å². The third kappa shape index (κ3) is 3.90. The summed E-state index contributed by atoms with van der Waals surface area (Å²) in [6, 6.07) is 9.08. The molecule has 0 unspecified atom stereocenters. The summed E-state index contributed by atoms with van der Waals surface area (Å²) in [7, 11) is 0. The van der Waals surface area contributed by atoms with Crippen LogP contribution in [-0.4, -0.2) is 61.1 Å². The molecule has 0 atom stereocenters. The van der Waals surface area contributed by atoms with E-state index in [4.69, 9.17) is 13.9 Å². The Morgan fingerprint density at radius 1 is 1.00 bits per heavy atom. The number of fused-ring (bicyclic) bond motifs is 1. The maximum atomic E-state index is 12.4. The van der Waals surface area contributed by atoms with Crippen LogP contribution in [0.4, 0.5) is 0 Å². The number of hydrogen-bond donors (Lipinski definition) is 1. The van der Waals surface area contributed by atoms with E-state index in [1.54, 1.807) is 21.9 Å². The molecule has 1 N–H and O–H groups in total. The standard InChI is InChI=1S/C19H21N3O5/c23-18(12-20-11-14-3-4-15-17(10-14)27-13-26-15)21-5-7-22(8-6-21)19(24)16-2-1-9-25-16/h1-4,9-10,20H,5-8,11-13H2.